The van der Waals surface area contributed by atoms with Gasteiger partial charge >= 0.3 is 5.97 Å². The van der Waals surface area contributed by atoms with Crippen LogP contribution in [-0.2, 0) is 30.4 Å². The average molecular weight is 510 g/mol. The van der Waals surface area contributed by atoms with Crippen molar-refractivity contribution in [2.75, 3.05) is 0 Å². The van der Waals surface area contributed by atoms with Crippen LogP contribution < -0.4 is 27.4 Å². The number of nitrogens with one attached hydrogen (secondary N) is 3. The second kappa shape index (κ2) is 14.0. The molecule has 0 bridgehead atoms. The molecule has 0 fully saturated rings. The summed E-state index contributed by atoms with van der Waals surface area (Å²) in [5.41, 5.74) is 11.4. The third-order valence-corrected chi connectivity index (χ3v) is 5.19. The maximum absolute atomic E-state index is 13.1. The molecular formula is C23H35N5O8. The van der Waals surface area contributed by atoms with E-state index in [0.717, 1.165) is 0 Å². The summed E-state index contributed by atoms with van der Waals surface area (Å²) < 4.78 is 0. The number of aromatic hydroxyl groups is 1. The number of primary amides is 1. The summed E-state index contributed by atoms with van der Waals surface area (Å²) in [7, 11) is 0. The van der Waals surface area contributed by atoms with E-state index >= 15 is 0 Å². The predicted octanol–water partition coefficient (Wildman–Crippen LogP) is -1.90. The Morgan fingerprint density at radius 2 is 1.36 bits per heavy atom. The summed E-state index contributed by atoms with van der Waals surface area (Å²) in [6.45, 7) is 4.82. The topological polar surface area (TPSA) is 234 Å². The van der Waals surface area contributed by atoms with Crippen LogP contribution >= 0.6 is 0 Å². The van der Waals surface area contributed by atoms with Crippen LogP contribution in [0, 0.1) is 5.92 Å². The van der Waals surface area contributed by atoms with Crippen molar-refractivity contribution in [3.8, 4) is 5.75 Å². The zero-order valence-corrected chi connectivity index (χ0v) is 20.4. The molecule has 4 amide bonds. The number of nitrogens with two attached hydrogens (primary N) is 2. The van der Waals surface area contributed by atoms with E-state index in [0.29, 0.717) is 5.56 Å². The van der Waals surface area contributed by atoms with Gasteiger partial charge in [0.1, 0.15) is 29.9 Å². The number of aliphatic carboxylic acids is 1. The first-order valence-corrected chi connectivity index (χ1v) is 11.3. The van der Waals surface area contributed by atoms with Crippen molar-refractivity contribution in [1.29, 1.82) is 0 Å². The lowest BCUT2D eigenvalue weighted by molar-refractivity contribution is -0.143. The Kier molecular flexibility index (Phi) is 11.8. The van der Waals surface area contributed by atoms with Crippen molar-refractivity contribution in [2.45, 2.75) is 70.3 Å². The standard InChI is InChI=1S/C23H35N5O8/c1-11(2)8-17(23(35)36)28-21(33)16(10-18(24)31)26-20(32)15(27-22(34)19(25)12(3)29)9-13-4-6-14(30)7-5-13/h4-7,11-12,15-17,19,29-30H,8-10,25H2,1-3H3,(H2,24,31)(H,26,32)(H,27,34)(H,28,33)(H,35,36). The maximum Gasteiger partial charge on any atom is 0.326 e. The Hall–Kier alpha value is -3.71. The third-order valence-electron chi connectivity index (χ3n) is 5.19. The molecule has 0 heterocycles. The number of aliphatic hydroxyl groups excluding tert-OH is 1. The molecule has 200 valence electrons. The number of amides is 4. The minimum absolute atomic E-state index is 0.0208. The number of rotatable bonds is 14. The monoisotopic (exact) mass is 509 g/mol. The van der Waals surface area contributed by atoms with E-state index < -0.39 is 66.3 Å². The normalized spacial score (nSPS) is 15.2. The van der Waals surface area contributed by atoms with Crippen LogP contribution in [0.2, 0.25) is 0 Å². The fraction of sp³-hybridized carbons (Fsp3) is 0.522. The van der Waals surface area contributed by atoms with Gasteiger partial charge in [0.2, 0.25) is 23.6 Å². The van der Waals surface area contributed by atoms with Gasteiger partial charge in [0.15, 0.2) is 0 Å². The first-order chi connectivity index (χ1) is 16.7. The van der Waals surface area contributed by atoms with Gasteiger partial charge in [-0.3, -0.25) is 19.2 Å². The number of phenols is 1. The summed E-state index contributed by atoms with van der Waals surface area (Å²) in [5, 5.41) is 35.5. The molecule has 5 unspecified atom stereocenters. The number of carboxylic acids is 1. The van der Waals surface area contributed by atoms with Crippen LogP contribution in [0.15, 0.2) is 24.3 Å². The Bertz CT molecular complexity index is 935. The van der Waals surface area contributed by atoms with Gasteiger partial charge in [0.25, 0.3) is 0 Å². The zero-order chi connectivity index (χ0) is 27.6. The molecule has 10 N–H and O–H groups in total. The summed E-state index contributed by atoms with van der Waals surface area (Å²) in [4.78, 5) is 61.4. The predicted molar refractivity (Wildman–Crippen MR) is 128 cm³/mol. The van der Waals surface area contributed by atoms with Crippen molar-refractivity contribution in [1.82, 2.24) is 16.0 Å². The van der Waals surface area contributed by atoms with E-state index in [-0.39, 0.29) is 24.5 Å². The Labute approximate surface area is 208 Å². The Morgan fingerprint density at radius 1 is 0.861 bits per heavy atom. The van der Waals surface area contributed by atoms with Crippen LogP contribution in [0.4, 0.5) is 0 Å². The minimum Gasteiger partial charge on any atom is -0.508 e. The number of carbonyl (C=O) groups is 5. The lowest BCUT2D eigenvalue weighted by Gasteiger charge is -2.25. The van der Waals surface area contributed by atoms with Crippen molar-refractivity contribution >= 4 is 29.6 Å². The zero-order valence-electron chi connectivity index (χ0n) is 20.4. The van der Waals surface area contributed by atoms with Crippen LogP contribution in [0.1, 0.15) is 39.2 Å². The first kappa shape index (κ1) is 30.3. The number of benzene rings is 1. The molecule has 0 saturated heterocycles. The summed E-state index contributed by atoms with van der Waals surface area (Å²) in [6.07, 6.45) is -1.83. The largest absolute Gasteiger partial charge is 0.508 e. The first-order valence-electron chi connectivity index (χ1n) is 11.3. The molecule has 0 radical (unpaired) electrons. The highest BCUT2D eigenvalue weighted by molar-refractivity contribution is 5.96. The molecule has 0 aliphatic rings. The second-order valence-corrected chi connectivity index (χ2v) is 8.96. The van der Waals surface area contributed by atoms with E-state index in [1.54, 1.807) is 13.8 Å². The van der Waals surface area contributed by atoms with E-state index in [9.17, 15) is 39.3 Å². The van der Waals surface area contributed by atoms with Crippen LogP contribution in [0.25, 0.3) is 0 Å². The maximum atomic E-state index is 13.1. The van der Waals surface area contributed by atoms with E-state index in [4.69, 9.17) is 11.5 Å². The molecule has 13 nitrogen and oxygen atoms in total. The number of carbonyl (C=O) groups excluding carboxylic acids is 4. The molecule has 36 heavy (non-hydrogen) atoms. The van der Waals surface area contributed by atoms with Crippen molar-refractivity contribution < 1.29 is 39.3 Å². The molecule has 13 heteroatoms. The quantitative estimate of drug-likeness (QED) is 0.140. The number of carboxylic acid groups (broad SMARTS) is 1. The van der Waals surface area contributed by atoms with Gasteiger partial charge in [0, 0.05) is 6.42 Å². The minimum atomic E-state index is -1.52. The molecule has 0 aliphatic heterocycles. The lowest BCUT2D eigenvalue weighted by Crippen LogP contribution is -2.59. The average Bonchev–Trinajstić information content (AvgIpc) is 2.77. The van der Waals surface area contributed by atoms with Gasteiger partial charge in [0.05, 0.1) is 12.5 Å². The van der Waals surface area contributed by atoms with Gasteiger partial charge in [-0.1, -0.05) is 26.0 Å². The molecule has 1 aromatic carbocycles. The highest BCUT2D eigenvalue weighted by atomic mass is 16.4. The van der Waals surface area contributed by atoms with Gasteiger partial charge < -0.3 is 42.7 Å². The van der Waals surface area contributed by atoms with Gasteiger partial charge in [-0.2, -0.15) is 0 Å². The summed E-state index contributed by atoms with van der Waals surface area (Å²) in [5.74, 6) is -4.97. The van der Waals surface area contributed by atoms with Crippen molar-refractivity contribution in [3.05, 3.63) is 29.8 Å². The van der Waals surface area contributed by atoms with Crippen molar-refractivity contribution in [3.63, 3.8) is 0 Å². The number of hydrogen-bond acceptors (Lipinski definition) is 8. The van der Waals surface area contributed by atoms with E-state index in [1.165, 1.54) is 31.2 Å². The molecule has 1 aromatic rings. The molecule has 5 atom stereocenters. The van der Waals surface area contributed by atoms with Gasteiger partial charge in [-0.15, -0.1) is 0 Å². The molecule has 0 saturated carbocycles. The number of phenolic OH excluding ortho intramolecular Hbond substituents is 1. The third kappa shape index (κ3) is 10.3. The molecule has 0 aliphatic carbocycles. The van der Waals surface area contributed by atoms with Crippen LogP contribution in [-0.4, -0.2) is 75.2 Å². The smallest absolute Gasteiger partial charge is 0.326 e. The Balaban J connectivity index is 3.15. The summed E-state index contributed by atoms with van der Waals surface area (Å²) >= 11 is 0. The van der Waals surface area contributed by atoms with E-state index in [1.807, 2.05) is 0 Å². The van der Waals surface area contributed by atoms with Crippen LogP contribution in [0.5, 0.6) is 5.75 Å². The summed E-state index contributed by atoms with van der Waals surface area (Å²) in [6, 6.07) is 0.323. The van der Waals surface area contributed by atoms with E-state index in [2.05, 4.69) is 16.0 Å². The molecule has 0 spiro atoms. The molecular weight excluding hydrogens is 474 g/mol. The molecule has 1 rings (SSSR count). The SMILES string of the molecule is CC(C)CC(NC(=O)C(CC(N)=O)NC(=O)C(Cc1ccc(O)cc1)NC(=O)C(N)C(C)O)C(=O)O. The Morgan fingerprint density at radius 3 is 1.83 bits per heavy atom. The van der Waals surface area contributed by atoms with Crippen LogP contribution in [0.3, 0.4) is 0 Å². The van der Waals surface area contributed by atoms with Gasteiger partial charge in [-0.05, 0) is 37.0 Å². The fourth-order valence-corrected chi connectivity index (χ4v) is 3.21. The highest BCUT2D eigenvalue weighted by Gasteiger charge is 2.32. The molecule has 0 aromatic heterocycles. The number of aliphatic hydroxyl groups is 1. The fourth-order valence-electron chi connectivity index (χ4n) is 3.21. The lowest BCUT2D eigenvalue weighted by atomic mass is 10.0. The van der Waals surface area contributed by atoms with Crippen molar-refractivity contribution in [2.24, 2.45) is 17.4 Å². The second-order valence-electron chi connectivity index (χ2n) is 8.96. The number of hydrogen-bond donors (Lipinski definition) is 8. The highest BCUT2D eigenvalue weighted by Crippen LogP contribution is 2.12. The van der Waals surface area contributed by atoms with Gasteiger partial charge in [-0.25, -0.2) is 4.79 Å².